The summed E-state index contributed by atoms with van der Waals surface area (Å²) in [6, 6.07) is 8.31. The van der Waals surface area contributed by atoms with E-state index in [9.17, 15) is 14.7 Å². The Morgan fingerprint density at radius 3 is 2.74 bits per heavy atom. The van der Waals surface area contributed by atoms with Crippen molar-refractivity contribution in [2.75, 3.05) is 50.1 Å². The number of carboxylic acids is 1. The standard InChI is InChI=1S/C29H29ClFN7O4/c1-35(2)19-13-36(14-19)24-8-7-17(12-33-24)38-15-21(29(40)41)25(39)20-11-23(31)27(34-26(20)38)37-10-4-5-18(37)16-42-28-22(30)6-3-9-32-28/h3,6-9,11-12,15,18-19H,4-5,10,13-14,16H2,1-2H3,(H,40,41). The maximum Gasteiger partial charge on any atom is 0.341 e. The van der Waals surface area contributed by atoms with Crippen LogP contribution < -0.4 is 20.0 Å². The minimum absolute atomic E-state index is 0.0526. The maximum atomic E-state index is 15.6. The number of carboxylic acid groups (broad SMARTS) is 1. The van der Waals surface area contributed by atoms with Gasteiger partial charge in [-0.25, -0.2) is 24.1 Å². The molecule has 0 aromatic carbocycles. The summed E-state index contributed by atoms with van der Waals surface area (Å²) in [6.45, 7) is 2.43. The van der Waals surface area contributed by atoms with E-state index in [4.69, 9.17) is 16.3 Å². The lowest BCUT2D eigenvalue weighted by molar-refractivity contribution is 0.0695. The predicted octanol–water partition coefficient (Wildman–Crippen LogP) is 3.46. The zero-order valence-electron chi connectivity index (χ0n) is 23.1. The Labute approximate surface area is 245 Å². The van der Waals surface area contributed by atoms with Crippen LogP contribution in [0.2, 0.25) is 5.02 Å². The van der Waals surface area contributed by atoms with Crippen molar-refractivity contribution in [2.45, 2.75) is 24.9 Å². The van der Waals surface area contributed by atoms with Gasteiger partial charge in [-0.2, -0.15) is 0 Å². The van der Waals surface area contributed by atoms with Gasteiger partial charge in [-0.05, 0) is 57.3 Å². The van der Waals surface area contributed by atoms with Crippen LogP contribution in [0.4, 0.5) is 16.0 Å². The largest absolute Gasteiger partial charge is 0.477 e. The summed E-state index contributed by atoms with van der Waals surface area (Å²) in [7, 11) is 4.08. The molecule has 0 saturated carbocycles. The van der Waals surface area contributed by atoms with Crippen LogP contribution in [0.1, 0.15) is 23.2 Å². The highest BCUT2D eigenvalue weighted by Gasteiger charge is 2.31. The van der Waals surface area contributed by atoms with Gasteiger partial charge < -0.3 is 24.5 Å². The van der Waals surface area contributed by atoms with Gasteiger partial charge in [0.05, 0.1) is 23.3 Å². The summed E-state index contributed by atoms with van der Waals surface area (Å²) in [4.78, 5) is 44.5. The molecule has 2 aliphatic heterocycles. The van der Waals surface area contributed by atoms with Gasteiger partial charge in [-0.3, -0.25) is 9.36 Å². The highest BCUT2D eigenvalue weighted by molar-refractivity contribution is 6.31. The topological polar surface area (TPSA) is 117 Å². The molecular weight excluding hydrogens is 565 g/mol. The van der Waals surface area contributed by atoms with Crippen molar-refractivity contribution in [2.24, 2.45) is 0 Å². The van der Waals surface area contributed by atoms with Crippen molar-refractivity contribution in [3.8, 4) is 11.6 Å². The number of likely N-dealkylation sites (N-methyl/N-ethyl adjacent to an activating group) is 1. The van der Waals surface area contributed by atoms with Gasteiger partial charge in [0.15, 0.2) is 17.3 Å². The molecular formula is C29H29ClFN7O4. The Morgan fingerprint density at radius 1 is 1.24 bits per heavy atom. The van der Waals surface area contributed by atoms with Crippen LogP contribution in [-0.4, -0.2) is 87.9 Å². The molecule has 6 heterocycles. The zero-order chi connectivity index (χ0) is 29.5. The third-order valence-corrected chi connectivity index (χ3v) is 8.14. The quantitative estimate of drug-likeness (QED) is 0.325. The molecule has 1 N–H and O–H groups in total. The molecule has 4 aromatic heterocycles. The highest BCUT2D eigenvalue weighted by atomic mass is 35.5. The molecule has 2 fully saturated rings. The smallest absolute Gasteiger partial charge is 0.341 e. The van der Waals surface area contributed by atoms with Crippen LogP contribution >= 0.6 is 11.6 Å². The lowest BCUT2D eigenvalue weighted by Gasteiger charge is -2.43. The van der Waals surface area contributed by atoms with E-state index >= 15 is 4.39 Å². The molecule has 2 saturated heterocycles. The molecule has 11 nitrogen and oxygen atoms in total. The molecule has 0 aliphatic carbocycles. The van der Waals surface area contributed by atoms with Gasteiger partial charge in [0.2, 0.25) is 11.3 Å². The Morgan fingerprint density at radius 2 is 2.05 bits per heavy atom. The van der Waals surface area contributed by atoms with E-state index in [-0.39, 0.29) is 29.5 Å². The fourth-order valence-corrected chi connectivity index (χ4v) is 5.56. The summed E-state index contributed by atoms with van der Waals surface area (Å²) >= 11 is 6.18. The first-order valence-electron chi connectivity index (χ1n) is 13.6. The van der Waals surface area contributed by atoms with Crippen LogP contribution in [0.15, 0.2) is 53.7 Å². The fourth-order valence-electron chi connectivity index (χ4n) is 5.38. The van der Waals surface area contributed by atoms with Crippen LogP contribution in [0, 0.1) is 5.82 Å². The molecule has 0 bridgehead atoms. The first-order valence-corrected chi connectivity index (χ1v) is 14.0. The van der Waals surface area contributed by atoms with Gasteiger partial charge in [0.1, 0.15) is 23.0 Å². The molecule has 2 aliphatic rings. The third-order valence-electron chi connectivity index (χ3n) is 7.86. The first kappa shape index (κ1) is 27.9. The van der Waals surface area contributed by atoms with E-state index in [1.807, 2.05) is 20.2 Å². The second-order valence-corrected chi connectivity index (χ2v) is 11.1. The minimum Gasteiger partial charge on any atom is -0.477 e. The Bertz CT molecular complexity index is 1710. The number of fused-ring (bicyclic) bond motifs is 1. The molecule has 13 heteroatoms. The number of hydrogen-bond donors (Lipinski definition) is 1. The summed E-state index contributed by atoms with van der Waals surface area (Å²) in [5.41, 5.74) is -0.673. The molecule has 0 spiro atoms. The second-order valence-electron chi connectivity index (χ2n) is 10.7. The first-order chi connectivity index (χ1) is 20.2. The number of halogens is 2. The molecule has 0 radical (unpaired) electrons. The van der Waals surface area contributed by atoms with Gasteiger partial charge in [-0.1, -0.05) is 11.6 Å². The van der Waals surface area contributed by atoms with E-state index in [0.717, 1.165) is 37.8 Å². The molecule has 42 heavy (non-hydrogen) atoms. The SMILES string of the molecule is CN(C)C1CN(c2ccc(-n3cc(C(=O)O)c(=O)c4cc(F)c(N5CCCC5COc5ncccc5Cl)nc43)cn2)C1. The Hall–Kier alpha value is -4.29. The summed E-state index contributed by atoms with van der Waals surface area (Å²) in [5, 5.41) is 9.98. The zero-order valence-corrected chi connectivity index (χ0v) is 23.8. The molecule has 218 valence electrons. The van der Waals surface area contributed by atoms with Crippen molar-refractivity contribution in [3.05, 3.63) is 75.5 Å². The number of rotatable bonds is 8. The van der Waals surface area contributed by atoms with Gasteiger partial charge in [0, 0.05) is 38.1 Å². The number of nitrogens with zero attached hydrogens (tertiary/aromatic N) is 7. The highest BCUT2D eigenvalue weighted by Crippen LogP contribution is 2.31. The number of pyridine rings is 4. The van der Waals surface area contributed by atoms with E-state index in [1.54, 1.807) is 35.5 Å². The van der Waals surface area contributed by atoms with E-state index in [2.05, 4.69) is 24.8 Å². The summed E-state index contributed by atoms with van der Waals surface area (Å²) in [6.07, 6.45) is 5.91. The summed E-state index contributed by atoms with van der Waals surface area (Å²) in [5.74, 6) is -1.01. The van der Waals surface area contributed by atoms with Gasteiger partial charge in [0.25, 0.3) is 0 Å². The lowest BCUT2D eigenvalue weighted by atomic mass is 10.1. The van der Waals surface area contributed by atoms with Crippen molar-refractivity contribution in [1.29, 1.82) is 0 Å². The average Bonchev–Trinajstić information content (AvgIpc) is 3.40. The van der Waals surface area contributed by atoms with Crippen LogP contribution in [-0.2, 0) is 0 Å². The van der Waals surface area contributed by atoms with E-state index < -0.39 is 22.8 Å². The number of carbonyl (C=O) groups is 1. The number of ether oxygens (including phenoxy) is 1. The van der Waals surface area contributed by atoms with Crippen LogP contribution in [0.5, 0.6) is 5.88 Å². The summed E-state index contributed by atoms with van der Waals surface area (Å²) < 4.78 is 22.9. The third kappa shape index (κ3) is 5.12. The van der Waals surface area contributed by atoms with Crippen molar-refractivity contribution in [1.82, 2.24) is 24.4 Å². The molecule has 1 unspecified atom stereocenters. The monoisotopic (exact) mass is 593 g/mol. The molecule has 6 rings (SSSR count). The normalized spacial score (nSPS) is 17.2. The van der Waals surface area contributed by atoms with Gasteiger partial charge in [-0.15, -0.1) is 0 Å². The predicted molar refractivity (Wildman–Crippen MR) is 157 cm³/mol. The number of hydrogen-bond acceptors (Lipinski definition) is 9. The number of anilines is 2. The second kappa shape index (κ2) is 11.2. The maximum absolute atomic E-state index is 15.6. The number of aromatic nitrogens is 4. The molecule has 4 aromatic rings. The van der Waals surface area contributed by atoms with Crippen molar-refractivity contribution < 1.29 is 19.0 Å². The van der Waals surface area contributed by atoms with Gasteiger partial charge >= 0.3 is 5.97 Å². The van der Waals surface area contributed by atoms with E-state index in [1.165, 1.54) is 10.8 Å². The average molecular weight is 594 g/mol. The minimum atomic E-state index is -1.41. The van der Waals surface area contributed by atoms with Crippen molar-refractivity contribution in [3.63, 3.8) is 0 Å². The Kier molecular flexibility index (Phi) is 7.42. The van der Waals surface area contributed by atoms with Crippen LogP contribution in [0.25, 0.3) is 16.7 Å². The van der Waals surface area contributed by atoms with Crippen molar-refractivity contribution >= 4 is 40.2 Å². The van der Waals surface area contributed by atoms with E-state index in [0.29, 0.717) is 29.2 Å². The number of aromatic carboxylic acids is 1. The molecule has 0 amide bonds. The Balaban J connectivity index is 1.36. The lowest BCUT2D eigenvalue weighted by Crippen LogP contribution is -2.57. The molecule has 1 atom stereocenters. The fraction of sp³-hybridized carbons (Fsp3) is 0.345. The van der Waals surface area contributed by atoms with Crippen LogP contribution in [0.3, 0.4) is 0 Å².